The van der Waals surface area contributed by atoms with Gasteiger partial charge in [-0.1, -0.05) is 6.92 Å². The summed E-state index contributed by atoms with van der Waals surface area (Å²) >= 11 is 4.85. The first-order chi connectivity index (χ1) is 11.3. The average Bonchev–Trinajstić information content (AvgIpc) is 2.98. The van der Waals surface area contributed by atoms with Gasteiger partial charge in [0.05, 0.1) is 15.7 Å². The minimum Gasteiger partial charge on any atom is -0.365 e. The Labute approximate surface area is 152 Å². The first-order valence-electron chi connectivity index (χ1n) is 7.74. The zero-order chi connectivity index (χ0) is 17.6. The number of halogens is 1. The van der Waals surface area contributed by atoms with Crippen molar-refractivity contribution < 1.29 is 9.59 Å². The Morgan fingerprint density at radius 1 is 1.46 bits per heavy atom. The van der Waals surface area contributed by atoms with Crippen molar-refractivity contribution in [3.8, 4) is 0 Å². The number of nitrogens with zero attached hydrogens (tertiary/aromatic N) is 2. The van der Waals surface area contributed by atoms with Crippen LogP contribution in [0.4, 0.5) is 5.00 Å². The molecule has 0 fully saturated rings. The van der Waals surface area contributed by atoms with Crippen LogP contribution in [0.1, 0.15) is 50.3 Å². The molecule has 24 heavy (non-hydrogen) atoms. The standard InChI is InChI=1S/C16H19BrN4O2S/c1-7-4-5-9-10(6-7)24-16(11(9)14(18)22)19-15(23)13-12(17)8(2)21(3)20-13/h7H,4-6H2,1-3H3,(H2,18,22)(H,19,23)/t7-/m1/s1. The third-order valence-electron chi connectivity index (χ3n) is 4.46. The van der Waals surface area contributed by atoms with Gasteiger partial charge in [0.1, 0.15) is 5.00 Å². The Hall–Kier alpha value is -1.67. The van der Waals surface area contributed by atoms with Crippen molar-refractivity contribution in [3.05, 3.63) is 31.9 Å². The SMILES string of the molecule is Cc1c(Br)c(C(=O)Nc2sc3c(c2C(N)=O)CC[C@@H](C)C3)nn1C. The molecule has 2 heterocycles. The molecule has 128 valence electrons. The predicted molar refractivity (Wildman–Crippen MR) is 97.6 cm³/mol. The van der Waals surface area contributed by atoms with E-state index in [2.05, 4.69) is 33.3 Å². The lowest BCUT2D eigenvalue weighted by Gasteiger charge is -2.18. The third-order valence-corrected chi connectivity index (χ3v) is 6.58. The van der Waals surface area contributed by atoms with Gasteiger partial charge >= 0.3 is 0 Å². The molecule has 0 aliphatic heterocycles. The van der Waals surface area contributed by atoms with Crippen LogP contribution in [-0.4, -0.2) is 21.6 Å². The number of hydrogen-bond donors (Lipinski definition) is 2. The van der Waals surface area contributed by atoms with Crippen molar-refractivity contribution >= 4 is 44.1 Å². The number of aryl methyl sites for hydroxylation is 1. The highest BCUT2D eigenvalue weighted by Gasteiger charge is 2.28. The lowest BCUT2D eigenvalue weighted by Crippen LogP contribution is -2.19. The molecule has 0 unspecified atom stereocenters. The van der Waals surface area contributed by atoms with Crippen LogP contribution in [0.5, 0.6) is 0 Å². The summed E-state index contributed by atoms with van der Waals surface area (Å²) in [5.41, 5.74) is 8.19. The Morgan fingerprint density at radius 3 is 2.75 bits per heavy atom. The fourth-order valence-electron chi connectivity index (χ4n) is 2.99. The number of aromatic nitrogens is 2. The maximum absolute atomic E-state index is 12.6. The summed E-state index contributed by atoms with van der Waals surface area (Å²) in [4.78, 5) is 25.7. The number of thiophene rings is 1. The number of primary amides is 1. The topological polar surface area (TPSA) is 90.0 Å². The van der Waals surface area contributed by atoms with Gasteiger partial charge in [0.2, 0.25) is 0 Å². The summed E-state index contributed by atoms with van der Waals surface area (Å²) in [5, 5.41) is 7.58. The molecule has 0 aromatic carbocycles. The van der Waals surface area contributed by atoms with Gasteiger partial charge in [-0.3, -0.25) is 14.3 Å². The van der Waals surface area contributed by atoms with Gasteiger partial charge in [0.25, 0.3) is 11.8 Å². The van der Waals surface area contributed by atoms with Crippen molar-refractivity contribution in [2.24, 2.45) is 18.7 Å². The number of fused-ring (bicyclic) bond motifs is 1. The van der Waals surface area contributed by atoms with Crippen LogP contribution in [0.3, 0.4) is 0 Å². The van der Waals surface area contributed by atoms with Gasteiger partial charge in [0, 0.05) is 11.9 Å². The molecule has 1 aliphatic rings. The highest BCUT2D eigenvalue weighted by molar-refractivity contribution is 9.10. The minimum atomic E-state index is -0.492. The fraction of sp³-hybridized carbons (Fsp3) is 0.438. The van der Waals surface area contributed by atoms with E-state index < -0.39 is 5.91 Å². The molecular formula is C16H19BrN4O2S. The van der Waals surface area contributed by atoms with Gasteiger partial charge in [-0.25, -0.2) is 0 Å². The predicted octanol–water partition coefficient (Wildman–Crippen LogP) is 3.03. The van der Waals surface area contributed by atoms with Crippen molar-refractivity contribution in [2.45, 2.75) is 33.1 Å². The van der Waals surface area contributed by atoms with Crippen molar-refractivity contribution in [1.82, 2.24) is 9.78 Å². The van der Waals surface area contributed by atoms with Crippen LogP contribution in [0, 0.1) is 12.8 Å². The molecule has 0 spiro atoms. The Bertz CT molecular complexity index is 840. The van der Waals surface area contributed by atoms with Gasteiger partial charge in [-0.05, 0) is 53.6 Å². The van der Waals surface area contributed by atoms with E-state index in [1.54, 1.807) is 11.7 Å². The molecule has 0 bridgehead atoms. The van der Waals surface area contributed by atoms with E-state index in [1.165, 1.54) is 11.3 Å². The number of nitrogens with two attached hydrogens (primary N) is 1. The van der Waals surface area contributed by atoms with Crippen molar-refractivity contribution in [1.29, 1.82) is 0 Å². The van der Waals surface area contributed by atoms with Crippen LogP contribution < -0.4 is 11.1 Å². The van der Waals surface area contributed by atoms with Crippen molar-refractivity contribution in [2.75, 3.05) is 5.32 Å². The molecule has 6 nitrogen and oxygen atoms in total. The molecule has 1 aliphatic carbocycles. The summed E-state index contributed by atoms with van der Waals surface area (Å²) in [5.74, 6) is -0.263. The molecule has 2 amide bonds. The minimum absolute atomic E-state index is 0.296. The maximum Gasteiger partial charge on any atom is 0.277 e. The highest BCUT2D eigenvalue weighted by atomic mass is 79.9. The average molecular weight is 411 g/mol. The van der Waals surface area contributed by atoms with E-state index in [9.17, 15) is 9.59 Å². The number of anilines is 1. The highest BCUT2D eigenvalue weighted by Crippen LogP contribution is 2.39. The van der Waals surface area contributed by atoms with Crippen LogP contribution >= 0.6 is 27.3 Å². The summed E-state index contributed by atoms with van der Waals surface area (Å²) in [6, 6.07) is 0. The van der Waals surface area contributed by atoms with E-state index in [0.29, 0.717) is 26.6 Å². The van der Waals surface area contributed by atoms with Crippen LogP contribution in [0.15, 0.2) is 4.47 Å². The quantitative estimate of drug-likeness (QED) is 0.814. The zero-order valence-electron chi connectivity index (χ0n) is 13.8. The van der Waals surface area contributed by atoms with E-state index >= 15 is 0 Å². The fourth-order valence-corrected chi connectivity index (χ4v) is 4.92. The molecule has 2 aromatic heterocycles. The van der Waals surface area contributed by atoms with Crippen LogP contribution in [0.2, 0.25) is 0 Å². The van der Waals surface area contributed by atoms with Crippen molar-refractivity contribution in [3.63, 3.8) is 0 Å². The smallest absolute Gasteiger partial charge is 0.277 e. The second kappa shape index (κ2) is 6.33. The monoisotopic (exact) mass is 410 g/mol. The molecule has 3 rings (SSSR count). The molecule has 0 saturated heterocycles. The molecule has 8 heteroatoms. The number of carbonyl (C=O) groups is 2. The summed E-state index contributed by atoms with van der Waals surface area (Å²) in [6.07, 6.45) is 2.78. The summed E-state index contributed by atoms with van der Waals surface area (Å²) in [7, 11) is 1.77. The second-order valence-electron chi connectivity index (χ2n) is 6.25. The number of rotatable bonds is 3. The van der Waals surface area contributed by atoms with Crippen LogP contribution in [-0.2, 0) is 19.9 Å². The summed E-state index contributed by atoms with van der Waals surface area (Å²) in [6.45, 7) is 4.06. The lowest BCUT2D eigenvalue weighted by molar-refractivity contribution is 0.1000. The van der Waals surface area contributed by atoms with E-state index in [4.69, 9.17) is 5.73 Å². The number of hydrogen-bond acceptors (Lipinski definition) is 4. The maximum atomic E-state index is 12.6. The molecule has 1 atom stereocenters. The third kappa shape index (κ3) is 2.88. The molecule has 0 saturated carbocycles. The first-order valence-corrected chi connectivity index (χ1v) is 9.35. The van der Waals surface area contributed by atoms with E-state index in [0.717, 1.165) is 35.4 Å². The number of carbonyl (C=O) groups excluding carboxylic acids is 2. The largest absolute Gasteiger partial charge is 0.365 e. The van der Waals surface area contributed by atoms with E-state index in [1.807, 2.05) is 6.92 Å². The summed E-state index contributed by atoms with van der Waals surface area (Å²) < 4.78 is 2.29. The van der Waals surface area contributed by atoms with Crippen LogP contribution in [0.25, 0.3) is 0 Å². The second-order valence-corrected chi connectivity index (χ2v) is 8.14. The normalized spacial score (nSPS) is 16.8. The van der Waals surface area contributed by atoms with Gasteiger partial charge in [-0.2, -0.15) is 5.10 Å². The number of nitrogens with one attached hydrogen (secondary N) is 1. The van der Waals surface area contributed by atoms with Gasteiger partial charge < -0.3 is 11.1 Å². The molecule has 2 aromatic rings. The number of amides is 2. The van der Waals surface area contributed by atoms with Gasteiger partial charge in [-0.15, -0.1) is 11.3 Å². The molecule has 3 N–H and O–H groups in total. The Balaban J connectivity index is 1.96. The first kappa shape index (κ1) is 17.2. The lowest BCUT2D eigenvalue weighted by atomic mass is 9.88. The molecular weight excluding hydrogens is 392 g/mol. The Morgan fingerprint density at radius 2 is 2.17 bits per heavy atom. The molecule has 0 radical (unpaired) electrons. The van der Waals surface area contributed by atoms with E-state index in [-0.39, 0.29) is 5.91 Å². The zero-order valence-corrected chi connectivity index (χ0v) is 16.2. The Kier molecular flexibility index (Phi) is 4.52. The van der Waals surface area contributed by atoms with Gasteiger partial charge in [0.15, 0.2) is 5.69 Å².